The fraction of sp³-hybridized carbons (Fsp3) is 0.571. The molecule has 0 saturated heterocycles. The van der Waals surface area contributed by atoms with Gasteiger partial charge in [0.15, 0.2) is 0 Å². The van der Waals surface area contributed by atoms with Gasteiger partial charge in [-0.3, -0.25) is 14.4 Å². The second-order valence-electron chi connectivity index (χ2n) is 8.46. The van der Waals surface area contributed by atoms with Gasteiger partial charge in [-0.2, -0.15) is 0 Å². The highest BCUT2D eigenvalue weighted by atomic mass is 16.6. The molecule has 7 heteroatoms. The summed E-state index contributed by atoms with van der Waals surface area (Å²) < 4.78 is 5.36. The van der Waals surface area contributed by atoms with Gasteiger partial charge in [0.25, 0.3) is 5.91 Å². The lowest BCUT2D eigenvalue weighted by Gasteiger charge is -2.26. The van der Waals surface area contributed by atoms with E-state index >= 15 is 0 Å². The van der Waals surface area contributed by atoms with Gasteiger partial charge in [-0.05, 0) is 72.0 Å². The van der Waals surface area contributed by atoms with E-state index in [1.807, 2.05) is 19.0 Å². The van der Waals surface area contributed by atoms with E-state index in [9.17, 15) is 14.4 Å². The van der Waals surface area contributed by atoms with Crippen LogP contribution in [0.4, 0.5) is 5.69 Å². The molecule has 1 aliphatic rings. The van der Waals surface area contributed by atoms with Crippen LogP contribution in [0.5, 0.6) is 0 Å². The Balaban J connectivity index is 2.04. The third-order valence-electron chi connectivity index (χ3n) is 4.19. The number of nitrogens with zero attached hydrogens (tertiary/aromatic N) is 2. The monoisotopic (exact) mass is 389 g/mol. The number of rotatable bonds is 8. The molecule has 1 aromatic carbocycles. The summed E-state index contributed by atoms with van der Waals surface area (Å²) >= 11 is 0. The number of carbonyl (C=O) groups is 3. The average Bonchev–Trinajstić information content (AvgIpc) is 3.42. The van der Waals surface area contributed by atoms with E-state index in [-0.39, 0.29) is 24.3 Å². The van der Waals surface area contributed by atoms with Gasteiger partial charge < -0.3 is 19.9 Å². The number of carbonyl (C=O) groups excluding carboxylic acids is 3. The summed E-state index contributed by atoms with van der Waals surface area (Å²) in [6.07, 6.45) is 1.88. The second kappa shape index (κ2) is 9.19. The van der Waals surface area contributed by atoms with Gasteiger partial charge in [0.2, 0.25) is 5.91 Å². The van der Waals surface area contributed by atoms with E-state index in [2.05, 4.69) is 5.32 Å². The van der Waals surface area contributed by atoms with Crippen molar-refractivity contribution in [3.63, 3.8) is 0 Å². The highest BCUT2D eigenvalue weighted by molar-refractivity contribution is 5.97. The van der Waals surface area contributed by atoms with Gasteiger partial charge in [-0.1, -0.05) is 0 Å². The van der Waals surface area contributed by atoms with E-state index in [1.54, 1.807) is 45.0 Å². The smallest absolute Gasteiger partial charge is 0.326 e. The number of amides is 2. The molecule has 0 aromatic heterocycles. The van der Waals surface area contributed by atoms with Crippen LogP contribution < -0.4 is 5.32 Å². The molecule has 1 N–H and O–H groups in total. The molecule has 0 unspecified atom stereocenters. The zero-order valence-corrected chi connectivity index (χ0v) is 17.4. The molecule has 0 bridgehead atoms. The zero-order valence-electron chi connectivity index (χ0n) is 17.4. The van der Waals surface area contributed by atoms with Crippen molar-refractivity contribution in [2.24, 2.45) is 5.92 Å². The van der Waals surface area contributed by atoms with Gasteiger partial charge in [-0.25, -0.2) is 0 Å². The lowest BCUT2D eigenvalue weighted by atomic mass is 10.1. The first-order chi connectivity index (χ1) is 13.0. The summed E-state index contributed by atoms with van der Waals surface area (Å²) in [4.78, 5) is 40.4. The Morgan fingerprint density at radius 3 is 2.18 bits per heavy atom. The minimum atomic E-state index is -0.602. The first-order valence-electron chi connectivity index (χ1n) is 9.62. The number of likely N-dealkylation sites (N-methyl/N-ethyl adjacent to an activating group) is 1. The number of anilines is 1. The molecule has 2 amide bonds. The third-order valence-corrected chi connectivity index (χ3v) is 4.19. The summed E-state index contributed by atoms with van der Waals surface area (Å²) in [5, 5.41) is 2.85. The van der Waals surface area contributed by atoms with Crippen molar-refractivity contribution in [1.82, 2.24) is 9.80 Å². The minimum absolute atomic E-state index is 0.0246. The minimum Gasteiger partial charge on any atom is -0.459 e. The Kier molecular flexibility index (Phi) is 7.18. The largest absolute Gasteiger partial charge is 0.459 e. The van der Waals surface area contributed by atoms with Crippen LogP contribution in [-0.4, -0.2) is 66.9 Å². The summed E-state index contributed by atoms with van der Waals surface area (Å²) in [5.74, 6) is -0.533. The standard InChI is InChI=1S/C21H31N3O4/c1-21(2,3)28-18(25)14-24(13-12-23(4)5)20(27)16-8-10-17(11-9-16)22-19(26)15-6-7-15/h8-11,15H,6-7,12-14H2,1-5H3,(H,22,26). The summed E-state index contributed by atoms with van der Waals surface area (Å²) in [5.41, 5.74) is 0.529. The van der Waals surface area contributed by atoms with Crippen LogP contribution in [0.3, 0.4) is 0 Å². The Hall–Kier alpha value is -2.41. The Morgan fingerprint density at radius 2 is 1.68 bits per heavy atom. The van der Waals surface area contributed by atoms with Crippen molar-refractivity contribution in [3.05, 3.63) is 29.8 Å². The second-order valence-corrected chi connectivity index (χ2v) is 8.46. The quantitative estimate of drug-likeness (QED) is 0.691. The number of nitrogens with one attached hydrogen (secondary N) is 1. The van der Waals surface area contributed by atoms with Crippen LogP contribution in [-0.2, 0) is 14.3 Å². The van der Waals surface area contributed by atoms with Crippen molar-refractivity contribution in [2.75, 3.05) is 39.0 Å². The van der Waals surface area contributed by atoms with Gasteiger partial charge in [0, 0.05) is 30.3 Å². The van der Waals surface area contributed by atoms with Crippen LogP contribution in [0.1, 0.15) is 44.0 Å². The normalized spacial score (nSPS) is 13.9. The molecule has 1 aromatic rings. The molecule has 0 spiro atoms. The molecular formula is C21H31N3O4. The zero-order chi connectivity index (χ0) is 20.9. The van der Waals surface area contributed by atoms with Crippen LogP contribution in [0.15, 0.2) is 24.3 Å². The van der Waals surface area contributed by atoms with Crippen LogP contribution in [0.25, 0.3) is 0 Å². The highest BCUT2D eigenvalue weighted by Crippen LogP contribution is 2.30. The van der Waals surface area contributed by atoms with Gasteiger partial charge in [0.05, 0.1) is 0 Å². The molecule has 0 aliphatic heterocycles. The highest BCUT2D eigenvalue weighted by Gasteiger charge is 2.29. The average molecular weight is 389 g/mol. The lowest BCUT2D eigenvalue weighted by Crippen LogP contribution is -2.42. The molecular weight excluding hydrogens is 358 g/mol. The maximum absolute atomic E-state index is 12.9. The van der Waals surface area contributed by atoms with Gasteiger partial charge in [-0.15, -0.1) is 0 Å². The Bertz CT molecular complexity index is 703. The lowest BCUT2D eigenvalue weighted by molar-refractivity contribution is -0.155. The maximum atomic E-state index is 12.9. The fourth-order valence-electron chi connectivity index (χ4n) is 2.57. The van der Waals surface area contributed by atoms with Gasteiger partial charge >= 0.3 is 5.97 Å². The molecule has 0 radical (unpaired) electrons. The van der Waals surface area contributed by atoms with Crippen LogP contribution in [0, 0.1) is 5.92 Å². The predicted octanol–water partition coefficient (Wildman–Crippen LogP) is 2.38. The molecule has 28 heavy (non-hydrogen) atoms. The summed E-state index contributed by atoms with van der Waals surface area (Å²) in [7, 11) is 3.82. The van der Waals surface area contributed by atoms with Crippen LogP contribution in [0.2, 0.25) is 0 Å². The number of benzene rings is 1. The number of ether oxygens (including phenoxy) is 1. The third kappa shape index (κ3) is 7.31. The predicted molar refractivity (Wildman–Crippen MR) is 108 cm³/mol. The van der Waals surface area contributed by atoms with E-state index in [0.29, 0.717) is 24.3 Å². The molecule has 0 atom stereocenters. The van der Waals surface area contributed by atoms with Gasteiger partial charge in [0.1, 0.15) is 12.1 Å². The first-order valence-corrected chi connectivity index (χ1v) is 9.62. The number of hydrogen-bond acceptors (Lipinski definition) is 5. The summed E-state index contributed by atoms with van der Waals surface area (Å²) in [6, 6.07) is 6.77. The Morgan fingerprint density at radius 1 is 1.07 bits per heavy atom. The van der Waals surface area contributed by atoms with E-state index in [1.165, 1.54) is 4.90 Å². The van der Waals surface area contributed by atoms with E-state index in [4.69, 9.17) is 4.74 Å². The molecule has 7 nitrogen and oxygen atoms in total. The molecule has 154 valence electrons. The van der Waals surface area contributed by atoms with Crippen molar-refractivity contribution in [3.8, 4) is 0 Å². The van der Waals surface area contributed by atoms with E-state index in [0.717, 1.165) is 12.8 Å². The molecule has 1 aliphatic carbocycles. The van der Waals surface area contributed by atoms with Crippen molar-refractivity contribution in [1.29, 1.82) is 0 Å². The Labute approximate surface area is 167 Å². The van der Waals surface area contributed by atoms with Crippen molar-refractivity contribution < 1.29 is 19.1 Å². The van der Waals surface area contributed by atoms with Crippen molar-refractivity contribution >= 4 is 23.5 Å². The molecule has 1 fully saturated rings. The number of hydrogen-bond donors (Lipinski definition) is 1. The van der Waals surface area contributed by atoms with Crippen molar-refractivity contribution in [2.45, 2.75) is 39.2 Å². The van der Waals surface area contributed by atoms with E-state index < -0.39 is 11.6 Å². The topological polar surface area (TPSA) is 79.0 Å². The maximum Gasteiger partial charge on any atom is 0.326 e. The fourth-order valence-corrected chi connectivity index (χ4v) is 2.57. The number of esters is 1. The summed E-state index contributed by atoms with van der Waals surface area (Å²) in [6.45, 7) is 6.32. The molecule has 1 saturated carbocycles. The molecule has 2 rings (SSSR count). The molecule has 0 heterocycles. The first kappa shape index (κ1) is 21.9. The SMILES string of the molecule is CN(C)CCN(CC(=O)OC(C)(C)C)C(=O)c1ccc(NC(=O)C2CC2)cc1. The van der Waals surface area contributed by atoms with Crippen LogP contribution >= 0.6 is 0 Å².